The van der Waals surface area contributed by atoms with Crippen molar-refractivity contribution in [2.45, 2.75) is 52.1 Å². The van der Waals surface area contributed by atoms with Gasteiger partial charge in [-0.05, 0) is 44.4 Å². The van der Waals surface area contributed by atoms with E-state index >= 15 is 0 Å². The Balaban J connectivity index is 2.14. The molecule has 1 aliphatic rings. The minimum absolute atomic E-state index is 0.166. The van der Waals surface area contributed by atoms with Crippen LogP contribution in [-0.4, -0.2) is 29.0 Å². The molecule has 0 amide bonds. The van der Waals surface area contributed by atoms with Crippen LogP contribution < -0.4 is 5.32 Å². The molecule has 116 valence electrons. The molecule has 5 nitrogen and oxygen atoms in total. The summed E-state index contributed by atoms with van der Waals surface area (Å²) in [7, 11) is 0. The molecule has 1 atom stereocenters. The van der Waals surface area contributed by atoms with Gasteiger partial charge in [0.05, 0.1) is 4.92 Å². The smallest absolute Gasteiger partial charge is 0.292 e. The Hall–Kier alpha value is -1.62. The van der Waals surface area contributed by atoms with E-state index in [-0.39, 0.29) is 10.6 Å². The van der Waals surface area contributed by atoms with Crippen molar-refractivity contribution in [2.75, 3.05) is 18.4 Å². The number of rotatable bonds is 6. The molecule has 1 aromatic carbocycles. The zero-order valence-corrected chi connectivity index (χ0v) is 13.0. The molecular weight excluding hydrogens is 266 g/mol. The van der Waals surface area contributed by atoms with Crippen molar-refractivity contribution in [3.05, 3.63) is 33.9 Å². The summed E-state index contributed by atoms with van der Waals surface area (Å²) in [6, 6.07) is 6.05. The summed E-state index contributed by atoms with van der Waals surface area (Å²) in [5, 5.41) is 14.3. The maximum Gasteiger partial charge on any atom is 0.292 e. The highest BCUT2D eigenvalue weighted by molar-refractivity contribution is 5.62. The zero-order chi connectivity index (χ0) is 15.2. The number of nitro groups is 1. The van der Waals surface area contributed by atoms with E-state index in [2.05, 4.69) is 24.1 Å². The number of nitro benzene ring substituents is 1. The van der Waals surface area contributed by atoms with Crippen LogP contribution in [-0.2, 0) is 6.54 Å². The van der Waals surface area contributed by atoms with Crippen LogP contribution in [0.15, 0.2) is 18.2 Å². The van der Waals surface area contributed by atoms with E-state index in [9.17, 15) is 10.1 Å². The molecule has 0 bridgehead atoms. The lowest BCUT2D eigenvalue weighted by atomic mass is 10.0. The van der Waals surface area contributed by atoms with Crippen LogP contribution >= 0.6 is 0 Å². The molecule has 1 unspecified atom stereocenters. The molecule has 5 heteroatoms. The Morgan fingerprint density at radius 1 is 1.43 bits per heavy atom. The lowest BCUT2D eigenvalue weighted by molar-refractivity contribution is -0.384. The Morgan fingerprint density at radius 3 is 2.90 bits per heavy atom. The van der Waals surface area contributed by atoms with E-state index in [1.165, 1.54) is 19.3 Å². The van der Waals surface area contributed by atoms with Gasteiger partial charge < -0.3 is 5.32 Å². The largest absolute Gasteiger partial charge is 0.379 e. The molecule has 21 heavy (non-hydrogen) atoms. The number of benzene rings is 1. The van der Waals surface area contributed by atoms with E-state index in [1.54, 1.807) is 6.07 Å². The van der Waals surface area contributed by atoms with Crippen molar-refractivity contribution in [1.82, 2.24) is 4.90 Å². The summed E-state index contributed by atoms with van der Waals surface area (Å²) >= 11 is 0. The van der Waals surface area contributed by atoms with Gasteiger partial charge in [-0.2, -0.15) is 0 Å². The molecule has 2 rings (SSSR count). The summed E-state index contributed by atoms with van der Waals surface area (Å²) in [5.74, 6) is 0. The van der Waals surface area contributed by atoms with Gasteiger partial charge in [-0.1, -0.05) is 19.4 Å². The molecule has 1 aromatic rings. The topological polar surface area (TPSA) is 58.4 Å². The van der Waals surface area contributed by atoms with Crippen molar-refractivity contribution >= 4 is 11.4 Å². The number of likely N-dealkylation sites (tertiary alicyclic amines) is 1. The van der Waals surface area contributed by atoms with Gasteiger partial charge >= 0.3 is 0 Å². The number of hydrogen-bond donors (Lipinski definition) is 1. The molecule has 1 heterocycles. The molecule has 1 aliphatic heterocycles. The maximum atomic E-state index is 11.1. The van der Waals surface area contributed by atoms with E-state index in [4.69, 9.17) is 0 Å². The fraction of sp³-hybridized carbons (Fsp3) is 0.625. The summed E-state index contributed by atoms with van der Waals surface area (Å²) in [5.41, 5.74) is 1.95. The van der Waals surface area contributed by atoms with Crippen molar-refractivity contribution in [2.24, 2.45) is 0 Å². The van der Waals surface area contributed by atoms with Gasteiger partial charge in [-0.15, -0.1) is 0 Å². The SMILES string of the molecule is CCCNc1cc(CN2CCCCC2C)ccc1[N+](=O)[O-]. The summed E-state index contributed by atoms with van der Waals surface area (Å²) in [6.45, 7) is 7.07. The monoisotopic (exact) mass is 291 g/mol. The predicted octanol–water partition coefficient (Wildman–Crippen LogP) is 3.79. The molecule has 1 saturated heterocycles. The van der Waals surface area contributed by atoms with Gasteiger partial charge in [-0.3, -0.25) is 15.0 Å². The molecule has 0 spiro atoms. The van der Waals surface area contributed by atoms with E-state index in [0.717, 1.165) is 31.6 Å². The third kappa shape index (κ3) is 4.17. The highest BCUT2D eigenvalue weighted by Gasteiger charge is 2.20. The lowest BCUT2D eigenvalue weighted by Crippen LogP contribution is -2.36. The molecule has 1 fully saturated rings. The average molecular weight is 291 g/mol. The van der Waals surface area contributed by atoms with Crippen molar-refractivity contribution in [3.63, 3.8) is 0 Å². The minimum atomic E-state index is -0.314. The zero-order valence-electron chi connectivity index (χ0n) is 13.0. The number of piperidine rings is 1. The highest BCUT2D eigenvalue weighted by Crippen LogP contribution is 2.27. The van der Waals surface area contributed by atoms with E-state index in [0.29, 0.717) is 11.7 Å². The first-order valence-corrected chi connectivity index (χ1v) is 7.87. The second-order valence-corrected chi connectivity index (χ2v) is 5.85. The number of hydrogen-bond acceptors (Lipinski definition) is 4. The van der Waals surface area contributed by atoms with Crippen molar-refractivity contribution < 1.29 is 4.92 Å². The standard InChI is InChI=1S/C16H25N3O2/c1-3-9-17-15-11-14(7-8-16(15)19(20)21)12-18-10-5-4-6-13(18)2/h7-8,11,13,17H,3-6,9-10,12H2,1-2H3. The van der Waals surface area contributed by atoms with Crippen LogP contribution in [0.25, 0.3) is 0 Å². The first-order valence-electron chi connectivity index (χ1n) is 7.87. The van der Waals surface area contributed by atoms with E-state index < -0.39 is 0 Å². The van der Waals surface area contributed by atoms with Gasteiger partial charge in [0.2, 0.25) is 0 Å². The fourth-order valence-corrected chi connectivity index (χ4v) is 2.87. The van der Waals surface area contributed by atoms with Crippen molar-refractivity contribution in [3.8, 4) is 0 Å². The van der Waals surface area contributed by atoms with Crippen LogP contribution in [0.3, 0.4) is 0 Å². The second-order valence-electron chi connectivity index (χ2n) is 5.85. The first-order chi connectivity index (χ1) is 10.1. The first kappa shape index (κ1) is 15.8. The van der Waals surface area contributed by atoms with Crippen molar-refractivity contribution in [1.29, 1.82) is 0 Å². The Kier molecular flexibility index (Phi) is 5.56. The molecule has 0 aromatic heterocycles. The van der Waals surface area contributed by atoms with Gasteiger partial charge in [0, 0.05) is 25.2 Å². The molecule has 0 aliphatic carbocycles. The number of nitrogens with one attached hydrogen (secondary N) is 1. The van der Waals surface area contributed by atoms with Crippen LogP contribution in [0, 0.1) is 10.1 Å². The highest BCUT2D eigenvalue weighted by atomic mass is 16.6. The fourth-order valence-electron chi connectivity index (χ4n) is 2.87. The third-order valence-corrected chi connectivity index (χ3v) is 4.15. The molecule has 0 radical (unpaired) electrons. The van der Waals surface area contributed by atoms with Crippen LogP contribution in [0.5, 0.6) is 0 Å². The van der Waals surface area contributed by atoms with Gasteiger partial charge in [0.15, 0.2) is 0 Å². The Morgan fingerprint density at radius 2 is 2.24 bits per heavy atom. The minimum Gasteiger partial charge on any atom is -0.379 e. The van der Waals surface area contributed by atoms with E-state index in [1.807, 2.05) is 12.1 Å². The quantitative estimate of drug-likeness (QED) is 0.640. The normalized spacial score (nSPS) is 19.4. The lowest BCUT2D eigenvalue weighted by Gasteiger charge is -2.33. The van der Waals surface area contributed by atoms with Crippen LogP contribution in [0.1, 0.15) is 45.1 Å². The Labute approximate surface area is 126 Å². The summed E-state index contributed by atoms with van der Waals surface area (Å²) in [4.78, 5) is 13.2. The van der Waals surface area contributed by atoms with Gasteiger partial charge in [-0.25, -0.2) is 0 Å². The summed E-state index contributed by atoms with van der Waals surface area (Å²) < 4.78 is 0. The number of anilines is 1. The average Bonchev–Trinajstić information content (AvgIpc) is 2.47. The molecular formula is C16H25N3O2. The summed E-state index contributed by atoms with van der Waals surface area (Å²) in [6.07, 6.45) is 4.75. The number of nitrogens with zero attached hydrogens (tertiary/aromatic N) is 2. The molecule has 1 N–H and O–H groups in total. The Bertz CT molecular complexity index is 490. The van der Waals surface area contributed by atoms with Gasteiger partial charge in [0.1, 0.15) is 5.69 Å². The van der Waals surface area contributed by atoms with Crippen LogP contribution in [0.4, 0.5) is 11.4 Å². The van der Waals surface area contributed by atoms with Gasteiger partial charge in [0.25, 0.3) is 5.69 Å². The third-order valence-electron chi connectivity index (χ3n) is 4.15. The molecule has 0 saturated carbocycles. The van der Waals surface area contributed by atoms with Crippen LogP contribution in [0.2, 0.25) is 0 Å². The second kappa shape index (κ2) is 7.41. The predicted molar refractivity (Wildman–Crippen MR) is 85.6 cm³/mol. The maximum absolute atomic E-state index is 11.1.